The highest BCUT2D eigenvalue weighted by molar-refractivity contribution is 7.90. The third kappa shape index (κ3) is 9.21. The largest absolute Gasteiger partial charge is 0.478 e. The second-order valence-corrected chi connectivity index (χ2v) is 5.40. The molecule has 0 saturated carbocycles. The molecule has 0 aliphatic carbocycles. The standard InChI is InChI=1S/C8H15NO4S/c1-7(5-8(10)11)6-9-3-4-14(2,12)13/h5,9H,3-4,6H2,1-2H3,(H,10,11). The van der Waals surface area contributed by atoms with Crippen molar-refractivity contribution in [2.45, 2.75) is 6.92 Å². The van der Waals surface area contributed by atoms with Crippen LogP contribution in [0.15, 0.2) is 11.6 Å². The van der Waals surface area contributed by atoms with Crippen molar-refractivity contribution in [1.82, 2.24) is 5.32 Å². The first-order valence-electron chi connectivity index (χ1n) is 4.10. The molecule has 0 aromatic rings. The van der Waals surface area contributed by atoms with Gasteiger partial charge in [0.2, 0.25) is 0 Å². The van der Waals surface area contributed by atoms with Crippen molar-refractivity contribution >= 4 is 15.8 Å². The molecular weight excluding hydrogens is 206 g/mol. The summed E-state index contributed by atoms with van der Waals surface area (Å²) in [5, 5.41) is 11.2. The SMILES string of the molecule is CC(=CC(=O)O)CNCCS(C)(=O)=O. The molecule has 0 radical (unpaired) electrons. The molecule has 0 aromatic heterocycles. The number of carboxylic acids is 1. The van der Waals surface area contributed by atoms with Gasteiger partial charge in [0.25, 0.3) is 0 Å². The fraction of sp³-hybridized carbons (Fsp3) is 0.625. The molecule has 5 nitrogen and oxygen atoms in total. The summed E-state index contributed by atoms with van der Waals surface area (Å²) in [5.74, 6) is -0.930. The molecule has 0 atom stereocenters. The molecule has 0 bridgehead atoms. The molecule has 2 N–H and O–H groups in total. The molecule has 0 aliphatic rings. The van der Waals surface area contributed by atoms with Crippen LogP contribution in [0.4, 0.5) is 0 Å². The molecule has 0 saturated heterocycles. The molecule has 0 unspecified atom stereocenters. The van der Waals surface area contributed by atoms with E-state index in [1.54, 1.807) is 6.92 Å². The lowest BCUT2D eigenvalue weighted by molar-refractivity contribution is -0.131. The summed E-state index contributed by atoms with van der Waals surface area (Å²) in [6.07, 6.45) is 2.25. The number of hydrogen-bond acceptors (Lipinski definition) is 4. The fourth-order valence-electron chi connectivity index (χ4n) is 0.805. The van der Waals surface area contributed by atoms with Crippen LogP contribution in [-0.4, -0.2) is 44.6 Å². The van der Waals surface area contributed by atoms with Crippen LogP contribution in [0.2, 0.25) is 0 Å². The van der Waals surface area contributed by atoms with Gasteiger partial charge in [-0.3, -0.25) is 0 Å². The summed E-state index contributed by atoms with van der Waals surface area (Å²) in [7, 11) is -2.94. The van der Waals surface area contributed by atoms with Gasteiger partial charge in [-0.1, -0.05) is 5.57 Å². The van der Waals surface area contributed by atoms with Crippen molar-refractivity contribution in [1.29, 1.82) is 0 Å². The third-order valence-corrected chi connectivity index (χ3v) is 2.37. The number of carboxylic acid groups (broad SMARTS) is 1. The zero-order valence-corrected chi connectivity index (χ0v) is 9.10. The van der Waals surface area contributed by atoms with Crippen molar-refractivity contribution in [3.05, 3.63) is 11.6 Å². The van der Waals surface area contributed by atoms with Gasteiger partial charge in [0, 0.05) is 25.4 Å². The van der Waals surface area contributed by atoms with E-state index >= 15 is 0 Å². The first-order chi connectivity index (χ1) is 6.31. The maximum absolute atomic E-state index is 10.7. The molecule has 0 aromatic carbocycles. The van der Waals surface area contributed by atoms with Gasteiger partial charge < -0.3 is 10.4 Å². The molecular formula is C8H15NO4S. The minimum absolute atomic E-state index is 0.0628. The zero-order chi connectivity index (χ0) is 11.2. The Morgan fingerprint density at radius 1 is 1.50 bits per heavy atom. The second-order valence-electron chi connectivity index (χ2n) is 3.14. The van der Waals surface area contributed by atoms with Crippen LogP contribution >= 0.6 is 0 Å². The Balaban J connectivity index is 3.71. The first-order valence-corrected chi connectivity index (χ1v) is 6.16. The Bertz CT molecular complexity index is 318. The Labute approximate surface area is 83.7 Å². The molecule has 0 spiro atoms. The van der Waals surface area contributed by atoms with Crippen molar-refractivity contribution < 1.29 is 18.3 Å². The number of nitrogens with one attached hydrogen (secondary N) is 1. The lowest BCUT2D eigenvalue weighted by Gasteiger charge is -2.02. The van der Waals surface area contributed by atoms with Crippen molar-refractivity contribution in [2.75, 3.05) is 25.1 Å². The lowest BCUT2D eigenvalue weighted by Crippen LogP contribution is -2.24. The van der Waals surface area contributed by atoms with E-state index in [-0.39, 0.29) is 5.75 Å². The summed E-state index contributed by atoms with van der Waals surface area (Å²) < 4.78 is 21.4. The molecule has 0 amide bonds. The predicted octanol–water partition coefficient (Wildman–Crippen LogP) is -0.348. The van der Waals surface area contributed by atoms with E-state index in [0.717, 1.165) is 12.3 Å². The van der Waals surface area contributed by atoms with E-state index in [0.29, 0.717) is 18.7 Å². The van der Waals surface area contributed by atoms with E-state index in [2.05, 4.69) is 5.32 Å². The number of carbonyl (C=O) groups is 1. The Kier molecular flexibility index (Phi) is 5.40. The Morgan fingerprint density at radius 2 is 2.07 bits per heavy atom. The fourth-order valence-corrected chi connectivity index (χ4v) is 1.32. The van der Waals surface area contributed by atoms with Crippen LogP contribution < -0.4 is 5.32 Å². The summed E-state index contributed by atoms with van der Waals surface area (Å²) in [4.78, 5) is 10.2. The summed E-state index contributed by atoms with van der Waals surface area (Å²) in [5.41, 5.74) is 0.658. The van der Waals surface area contributed by atoms with Gasteiger partial charge in [-0.05, 0) is 6.92 Å². The van der Waals surface area contributed by atoms with Crippen molar-refractivity contribution in [3.63, 3.8) is 0 Å². The van der Waals surface area contributed by atoms with Gasteiger partial charge in [-0.25, -0.2) is 13.2 Å². The van der Waals surface area contributed by atoms with Crippen molar-refractivity contribution in [3.8, 4) is 0 Å². The van der Waals surface area contributed by atoms with Gasteiger partial charge in [0.05, 0.1) is 5.75 Å². The Hall–Kier alpha value is -0.880. The quantitative estimate of drug-likeness (QED) is 0.473. The smallest absolute Gasteiger partial charge is 0.328 e. The van der Waals surface area contributed by atoms with Gasteiger partial charge >= 0.3 is 5.97 Å². The van der Waals surface area contributed by atoms with Crippen LogP contribution in [0.3, 0.4) is 0 Å². The van der Waals surface area contributed by atoms with Crippen LogP contribution in [0.1, 0.15) is 6.92 Å². The normalized spacial score (nSPS) is 12.9. The molecule has 0 rings (SSSR count). The number of sulfone groups is 1. The Morgan fingerprint density at radius 3 is 2.50 bits per heavy atom. The molecule has 0 fully saturated rings. The van der Waals surface area contributed by atoms with E-state index in [1.807, 2.05) is 0 Å². The third-order valence-electron chi connectivity index (χ3n) is 1.42. The first kappa shape index (κ1) is 13.1. The lowest BCUT2D eigenvalue weighted by atomic mass is 10.3. The predicted molar refractivity (Wildman–Crippen MR) is 54.0 cm³/mol. The minimum atomic E-state index is -2.94. The van der Waals surface area contributed by atoms with Crippen LogP contribution in [0.25, 0.3) is 0 Å². The van der Waals surface area contributed by atoms with Gasteiger partial charge in [-0.2, -0.15) is 0 Å². The monoisotopic (exact) mass is 221 g/mol. The number of aliphatic carboxylic acids is 1. The van der Waals surface area contributed by atoms with E-state index in [9.17, 15) is 13.2 Å². The molecule has 6 heteroatoms. The van der Waals surface area contributed by atoms with Gasteiger partial charge in [0.15, 0.2) is 0 Å². The summed E-state index contributed by atoms with van der Waals surface area (Å²) >= 11 is 0. The van der Waals surface area contributed by atoms with Crippen LogP contribution in [0, 0.1) is 0 Å². The topological polar surface area (TPSA) is 83.5 Å². The number of rotatable bonds is 6. The van der Waals surface area contributed by atoms with Crippen molar-refractivity contribution in [2.24, 2.45) is 0 Å². The maximum Gasteiger partial charge on any atom is 0.328 e. The van der Waals surface area contributed by atoms with Gasteiger partial charge in [0.1, 0.15) is 9.84 Å². The highest BCUT2D eigenvalue weighted by atomic mass is 32.2. The summed E-state index contributed by atoms with van der Waals surface area (Å²) in [6, 6.07) is 0. The molecule has 0 heterocycles. The maximum atomic E-state index is 10.7. The highest BCUT2D eigenvalue weighted by Crippen LogP contribution is 1.89. The zero-order valence-electron chi connectivity index (χ0n) is 8.28. The molecule has 0 aliphatic heterocycles. The van der Waals surface area contributed by atoms with Crippen LogP contribution in [-0.2, 0) is 14.6 Å². The van der Waals surface area contributed by atoms with Gasteiger partial charge in [-0.15, -0.1) is 0 Å². The summed E-state index contributed by atoms with van der Waals surface area (Å²) in [6.45, 7) is 2.40. The minimum Gasteiger partial charge on any atom is -0.478 e. The molecule has 14 heavy (non-hydrogen) atoms. The molecule has 82 valence electrons. The van der Waals surface area contributed by atoms with E-state index in [1.165, 1.54) is 0 Å². The number of hydrogen-bond donors (Lipinski definition) is 2. The van der Waals surface area contributed by atoms with E-state index < -0.39 is 15.8 Å². The average Bonchev–Trinajstić information content (AvgIpc) is 1.95. The van der Waals surface area contributed by atoms with Crippen LogP contribution in [0.5, 0.6) is 0 Å². The average molecular weight is 221 g/mol. The van der Waals surface area contributed by atoms with E-state index in [4.69, 9.17) is 5.11 Å². The highest BCUT2D eigenvalue weighted by Gasteiger charge is 2.00. The second kappa shape index (κ2) is 5.77.